The molecule has 0 heterocycles. The molecule has 1 aromatic carbocycles. The highest BCUT2D eigenvalue weighted by atomic mass is 32.2. The van der Waals surface area contributed by atoms with Gasteiger partial charge in [-0.25, -0.2) is 8.42 Å². The van der Waals surface area contributed by atoms with E-state index in [0.29, 0.717) is 0 Å². The standard InChI is InChI=1S/C12H23N.C6H8N2O3S/c1-3-7-11(8-4-1)13-12-9-5-2-6-10-12;7-4-1-2-5(8)6(3-4)12(9,10)11/h11-13H,1-10H2;1-3H,7-8H2,(H,9,10,11). The van der Waals surface area contributed by atoms with E-state index in [1.165, 1.54) is 76.3 Å². The molecule has 0 radical (unpaired) electrons. The summed E-state index contributed by atoms with van der Waals surface area (Å²) in [5.74, 6) is 0. The quantitative estimate of drug-likeness (QED) is 0.555. The summed E-state index contributed by atoms with van der Waals surface area (Å²) in [6.45, 7) is 0. The van der Waals surface area contributed by atoms with Gasteiger partial charge in [-0.15, -0.1) is 0 Å². The molecular weight excluding hydrogens is 338 g/mol. The Bertz CT molecular complexity index is 621. The normalized spacial score (nSPS) is 19.9. The van der Waals surface area contributed by atoms with Crippen molar-refractivity contribution >= 4 is 21.5 Å². The molecule has 25 heavy (non-hydrogen) atoms. The Kier molecular flexibility index (Phi) is 7.53. The van der Waals surface area contributed by atoms with Gasteiger partial charge in [0.15, 0.2) is 0 Å². The summed E-state index contributed by atoms with van der Waals surface area (Å²) < 4.78 is 31.5. The second kappa shape index (κ2) is 9.40. The summed E-state index contributed by atoms with van der Waals surface area (Å²) in [6, 6.07) is 5.73. The molecular formula is C18H31N3O3S. The van der Waals surface area contributed by atoms with Gasteiger partial charge in [0.25, 0.3) is 0 Å². The Labute approximate surface area is 151 Å². The van der Waals surface area contributed by atoms with Crippen LogP contribution in [0.3, 0.4) is 0 Å². The highest BCUT2D eigenvalue weighted by molar-refractivity contribution is 7.86. The maximum Gasteiger partial charge on any atom is 0.126 e. The summed E-state index contributed by atoms with van der Waals surface area (Å²) in [6.07, 6.45) is 15.0. The van der Waals surface area contributed by atoms with Crippen molar-refractivity contribution in [3.63, 3.8) is 0 Å². The monoisotopic (exact) mass is 369 g/mol. The lowest BCUT2D eigenvalue weighted by atomic mass is 9.91. The summed E-state index contributed by atoms with van der Waals surface area (Å²) in [7, 11) is -4.51. The molecule has 2 aliphatic carbocycles. The van der Waals surface area contributed by atoms with Gasteiger partial charge in [-0.1, -0.05) is 12.8 Å². The van der Waals surface area contributed by atoms with Gasteiger partial charge in [0.2, 0.25) is 0 Å². The van der Waals surface area contributed by atoms with Crippen molar-refractivity contribution in [3.05, 3.63) is 18.2 Å². The van der Waals surface area contributed by atoms with Gasteiger partial charge >= 0.3 is 0 Å². The van der Waals surface area contributed by atoms with Crippen molar-refractivity contribution in [1.82, 2.24) is 0 Å². The molecule has 0 unspecified atom stereocenters. The maximum atomic E-state index is 10.5. The second-order valence-electron chi connectivity index (χ2n) is 7.24. The van der Waals surface area contributed by atoms with Crippen molar-refractivity contribution in [2.75, 3.05) is 11.5 Å². The molecule has 2 fully saturated rings. The summed E-state index contributed by atoms with van der Waals surface area (Å²) >= 11 is 0. The van der Waals surface area contributed by atoms with Crippen LogP contribution in [0.4, 0.5) is 11.4 Å². The third kappa shape index (κ3) is 6.84. The number of nitrogen functional groups attached to an aromatic ring is 2. The predicted molar refractivity (Wildman–Crippen MR) is 98.9 cm³/mol. The number of quaternary nitrogens is 1. The van der Waals surface area contributed by atoms with E-state index in [0.717, 1.165) is 18.2 Å². The van der Waals surface area contributed by atoms with E-state index >= 15 is 0 Å². The van der Waals surface area contributed by atoms with E-state index in [4.69, 9.17) is 11.5 Å². The molecule has 2 aliphatic rings. The third-order valence-electron chi connectivity index (χ3n) is 5.15. The van der Waals surface area contributed by atoms with Crippen LogP contribution in [-0.4, -0.2) is 25.1 Å². The predicted octanol–water partition coefficient (Wildman–Crippen LogP) is 1.97. The van der Waals surface area contributed by atoms with Gasteiger partial charge in [0.1, 0.15) is 10.1 Å². The fraction of sp³-hybridized carbons (Fsp3) is 0.667. The Morgan fingerprint density at radius 1 is 0.880 bits per heavy atom. The van der Waals surface area contributed by atoms with Crippen molar-refractivity contribution in [3.8, 4) is 0 Å². The zero-order valence-electron chi connectivity index (χ0n) is 14.8. The second-order valence-corrected chi connectivity index (χ2v) is 8.59. The topological polar surface area (TPSA) is 126 Å². The molecule has 6 nitrogen and oxygen atoms in total. The third-order valence-corrected chi connectivity index (χ3v) is 6.04. The van der Waals surface area contributed by atoms with Crippen molar-refractivity contribution in [2.45, 2.75) is 81.2 Å². The van der Waals surface area contributed by atoms with Gasteiger partial charge in [-0.3, -0.25) is 0 Å². The Morgan fingerprint density at radius 3 is 1.76 bits per heavy atom. The van der Waals surface area contributed by atoms with Crippen LogP contribution in [0.2, 0.25) is 0 Å². The summed E-state index contributed by atoms with van der Waals surface area (Å²) in [5, 5.41) is 2.72. The van der Waals surface area contributed by atoms with Crippen molar-refractivity contribution in [1.29, 1.82) is 0 Å². The minimum Gasteiger partial charge on any atom is -0.744 e. The van der Waals surface area contributed by atoms with Gasteiger partial charge in [0, 0.05) is 11.4 Å². The highest BCUT2D eigenvalue weighted by Crippen LogP contribution is 2.20. The van der Waals surface area contributed by atoms with Crippen molar-refractivity contribution < 1.29 is 18.3 Å². The number of hydrogen-bond donors (Lipinski definition) is 3. The van der Waals surface area contributed by atoms with Crippen LogP contribution in [0.25, 0.3) is 0 Å². The van der Waals surface area contributed by atoms with Gasteiger partial charge < -0.3 is 21.3 Å². The molecule has 3 rings (SSSR count). The summed E-state index contributed by atoms with van der Waals surface area (Å²) in [5.41, 5.74) is 10.6. The molecule has 142 valence electrons. The minimum absolute atomic E-state index is 0.0841. The van der Waals surface area contributed by atoms with E-state index in [1.807, 2.05) is 0 Å². The highest BCUT2D eigenvalue weighted by Gasteiger charge is 2.22. The van der Waals surface area contributed by atoms with Crippen LogP contribution in [0.5, 0.6) is 0 Å². The first-order valence-electron chi connectivity index (χ1n) is 9.32. The molecule has 6 N–H and O–H groups in total. The molecule has 7 heteroatoms. The summed E-state index contributed by atoms with van der Waals surface area (Å²) in [4.78, 5) is -0.470. The smallest absolute Gasteiger partial charge is 0.126 e. The first-order valence-corrected chi connectivity index (χ1v) is 10.7. The zero-order valence-corrected chi connectivity index (χ0v) is 15.6. The molecule has 0 bridgehead atoms. The average Bonchev–Trinajstić information content (AvgIpc) is 2.59. The molecule has 1 aromatic rings. The number of hydrogen-bond acceptors (Lipinski definition) is 5. The van der Waals surface area contributed by atoms with Crippen molar-refractivity contribution in [2.24, 2.45) is 0 Å². The molecule has 2 saturated carbocycles. The molecule has 0 aromatic heterocycles. The first kappa shape index (κ1) is 20.0. The largest absolute Gasteiger partial charge is 0.744 e. The van der Waals surface area contributed by atoms with Crippen LogP contribution in [0.1, 0.15) is 64.2 Å². The van der Waals surface area contributed by atoms with E-state index in [1.54, 1.807) is 0 Å². The van der Waals surface area contributed by atoms with E-state index in [-0.39, 0.29) is 11.4 Å². The SMILES string of the molecule is C1CCC([NH2+]C2CCCCC2)CC1.Nc1ccc(N)c(S(=O)(=O)[O-])c1. The van der Waals surface area contributed by atoms with E-state index in [9.17, 15) is 13.0 Å². The molecule has 0 aliphatic heterocycles. The van der Waals surface area contributed by atoms with Crippen LogP contribution >= 0.6 is 0 Å². The van der Waals surface area contributed by atoms with E-state index in [2.05, 4.69) is 5.32 Å². The van der Waals surface area contributed by atoms with Crippen LogP contribution in [0, 0.1) is 0 Å². The van der Waals surface area contributed by atoms with Crippen LogP contribution in [0.15, 0.2) is 23.1 Å². The lowest BCUT2D eigenvalue weighted by Crippen LogP contribution is -2.95. The van der Waals surface area contributed by atoms with Gasteiger partial charge in [-0.05, 0) is 69.6 Å². The maximum absolute atomic E-state index is 10.5. The van der Waals surface area contributed by atoms with Crippen LogP contribution in [-0.2, 0) is 10.1 Å². The molecule has 0 spiro atoms. The van der Waals surface area contributed by atoms with E-state index < -0.39 is 15.0 Å². The molecule has 0 amide bonds. The lowest BCUT2D eigenvalue weighted by molar-refractivity contribution is -0.725. The Balaban J connectivity index is 0.000000181. The number of benzene rings is 1. The lowest BCUT2D eigenvalue weighted by Gasteiger charge is -2.27. The molecule has 0 atom stereocenters. The fourth-order valence-corrected chi connectivity index (χ4v) is 4.44. The fourth-order valence-electron chi connectivity index (χ4n) is 3.81. The Morgan fingerprint density at radius 2 is 1.36 bits per heavy atom. The van der Waals surface area contributed by atoms with Crippen LogP contribution < -0.4 is 16.8 Å². The molecule has 0 saturated heterocycles. The first-order chi connectivity index (χ1) is 11.9. The minimum atomic E-state index is -4.51. The Hall–Kier alpha value is -1.31. The van der Waals surface area contributed by atoms with Gasteiger partial charge in [0.05, 0.1) is 17.0 Å². The average molecular weight is 370 g/mol. The number of anilines is 2. The van der Waals surface area contributed by atoms with Gasteiger partial charge in [-0.2, -0.15) is 0 Å². The zero-order chi connectivity index (χ0) is 18.3. The number of nitrogens with two attached hydrogens (primary N) is 3. The number of rotatable bonds is 3.